The molecule has 7 rings (SSSR count). The fourth-order valence-corrected chi connectivity index (χ4v) is 8.75. The number of hydrogen-bond donors (Lipinski definition) is 2. The smallest absolute Gasteiger partial charge is 0.262 e. The zero-order valence-electron chi connectivity index (χ0n) is 23.5. The average Bonchev–Trinajstić information content (AvgIpc) is 2.88. The molecule has 5 aliphatic rings. The van der Waals surface area contributed by atoms with Gasteiger partial charge in [0.15, 0.2) is 0 Å². The van der Waals surface area contributed by atoms with E-state index in [0.717, 1.165) is 42.6 Å². The molecule has 2 N–H and O–H groups in total. The van der Waals surface area contributed by atoms with Crippen LogP contribution in [0.5, 0.6) is 0 Å². The monoisotopic (exact) mass is 532 g/mol. The van der Waals surface area contributed by atoms with Gasteiger partial charge in [0.05, 0.1) is 10.9 Å². The third-order valence-corrected chi connectivity index (χ3v) is 10.1. The van der Waals surface area contributed by atoms with Gasteiger partial charge in [-0.25, -0.2) is 4.98 Å². The Morgan fingerprint density at radius 3 is 2.31 bits per heavy atom. The SMILES string of the molecule is Cc1nc2cccc(CCCCCCCCNC34CC5CC(CC(C5)C3)C4)c2c(=O)n1[C@@H]1CCC(=O)NC1=O. The van der Waals surface area contributed by atoms with Crippen molar-refractivity contribution in [3.05, 3.63) is 39.9 Å². The first-order valence-electron chi connectivity index (χ1n) is 15.5. The number of carbonyl (C=O) groups excluding carboxylic acids is 2. The third-order valence-electron chi connectivity index (χ3n) is 10.1. The van der Waals surface area contributed by atoms with Crippen LogP contribution < -0.4 is 16.2 Å². The van der Waals surface area contributed by atoms with Crippen molar-refractivity contribution < 1.29 is 9.59 Å². The van der Waals surface area contributed by atoms with E-state index in [0.29, 0.717) is 28.7 Å². The van der Waals surface area contributed by atoms with Crippen LogP contribution in [-0.4, -0.2) is 33.4 Å². The summed E-state index contributed by atoms with van der Waals surface area (Å²) in [5.74, 6) is 2.83. The molecule has 1 aromatic heterocycles. The third kappa shape index (κ3) is 5.57. The normalized spacial score (nSPS) is 29.8. The molecule has 1 aliphatic heterocycles. The molecule has 210 valence electrons. The van der Waals surface area contributed by atoms with E-state index in [2.05, 4.69) is 15.6 Å². The van der Waals surface area contributed by atoms with Crippen LogP contribution in [0.3, 0.4) is 0 Å². The van der Waals surface area contributed by atoms with Crippen molar-refractivity contribution in [1.29, 1.82) is 0 Å². The largest absolute Gasteiger partial charge is 0.311 e. The van der Waals surface area contributed by atoms with Gasteiger partial charge in [-0.05, 0) is 107 Å². The van der Waals surface area contributed by atoms with Crippen LogP contribution in [0.15, 0.2) is 23.0 Å². The predicted molar refractivity (Wildman–Crippen MR) is 152 cm³/mol. The zero-order chi connectivity index (χ0) is 27.0. The summed E-state index contributed by atoms with van der Waals surface area (Å²) < 4.78 is 1.49. The van der Waals surface area contributed by atoms with Crippen LogP contribution in [0, 0.1) is 24.7 Å². The fourth-order valence-electron chi connectivity index (χ4n) is 8.75. The second-order valence-electron chi connectivity index (χ2n) is 13.1. The van der Waals surface area contributed by atoms with E-state index in [1.807, 2.05) is 18.2 Å². The van der Waals surface area contributed by atoms with E-state index < -0.39 is 11.9 Å². The number of amides is 2. The highest BCUT2D eigenvalue weighted by Crippen LogP contribution is 2.55. The summed E-state index contributed by atoms with van der Waals surface area (Å²) in [5, 5.41) is 7.02. The summed E-state index contributed by atoms with van der Waals surface area (Å²) in [5.41, 5.74) is 2.00. The minimum Gasteiger partial charge on any atom is -0.311 e. The van der Waals surface area contributed by atoms with Crippen molar-refractivity contribution in [2.24, 2.45) is 17.8 Å². The van der Waals surface area contributed by atoms with Gasteiger partial charge in [0.1, 0.15) is 11.9 Å². The lowest BCUT2D eigenvalue weighted by Gasteiger charge is -2.57. The van der Waals surface area contributed by atoms with E-state index in [1.165, 1.54) is 75.3 Å². The second-order valence-corrected chi connectivity index (χ2v) is 13.1. The number of aromatic nitrogens is 2. The Morgan fingerprint density at radius 1 is 0.949 bits per heavy atom. The van der Waals surface area contributed by atoms with E-state index in [-0.39, 0.29) is 17.9 Å². The van der Waals surface area contributed by atoms with Gasteiger partial charge in [0, 0.05) is 12.0 Å². The average molecular weight is 533 g/mol. The Hall–Kier alpha value is -2.54. The molecule has 4 saturated carbocycles. The Bertz CT molecular complexity index is 1260. The maximum atomic E-state index is 13.6. The van der Waals surface area contributed by atoms with Crippen molar-refractivity contribution >= 4 is 22.7 Å². The molecule has 4 aliphatic carbocycles. The van der Waals surface area contributed by atoms with Crippen LogP contribution in [-0.2, 0) is 16.0 Å². The van der Waals surface area contributed by atoms with Crippen LogP contribution in [0.2, 0.25) is 0 Å². The number of imide groups is 1. The van der Waals surface area contributed by atoms with E-state index in [4.69, 9.17) is 0 Å². The maximum absolute atomic E-state index is 13.6. The molecule has 2 heterocycles. The van der Waals surface area contributed by atoms with E-state index in [1.54, 1.807) is 6.92 Å². The molecule has 7 nitrogen and oxygen atoms in total. The van der Waals surface area contributed by atoms with Crippen molar-refractivity contribution in [2.75, 3.05) is 6.54 Å². The molecule has 1 aromatic carbocycles. The van der Waals surface area contributed by atoms with Crippen molar-refractivity contribution in [3.63, 3.8) is 0 Å². The molecule has 1 atom stereocenters. The fraction of sp³-hybridized carbons (Fsp3) is 0.688. The molecule has 2 amide bonds. The lowest BCUT2D eigenvalue weighted by atomic mass is 9.53. The number of nitrogens with one attached hydrogen (secondary N) is 2. The molecule has 0 spiro atoms. The first-order chi connectivity index (χ1) is 18.9. The Balaban J connectivity index is 0.973. The second kappa shape index (κ2) is 11.1. The van der Waals surface area contributed by atoms with Gasteiger partial charge < -0.3 is 5.32 Å². The Morgan fingerprint density at radius 2 is 1.62 bits per heavy atom. The zero-order valence-corrected chi connectivity index (χ0v) is 23.5. The highest BCUT2D eigenvalue weighted by Gasteiger charge is 2.50. The topological polar surface area (TPSA) is 93.1 Å². The van der Waals surface area contributed by atoms with Gasteiger partial charge in [-0.15, -0.1) is 0 Å². The first kappa shape index (κ1) is 26.7. The van der Waals surface area contributed by atoms with Crippen molar-refractivity contribution in [1.82, 2.24) is 20.2 Å². The summed E-state index contributed by atoms with van der Waals surface area (Å²) in [4.78, 5) is 42.3. The number of benzene rings is 1. The lowest BCUT2D eigenvalue weighted by Crippen LogP contribution is -2.58. The van der Waals surface area contributed by atoms with Gasteiger partial charge in [-0.3, -0.25) is 24.3 Å². The molecule has 7 heteroatoms. The number of piperidine rings is 1. The molecule has 4 bridgehead atoms. The van der Waals surface area contributed by atoms with E-state index in [9.17, 15) is 14.4 Å². The number of hydrogen-bond acceptors (Lipinski definition) is 5. The molecular formula is C32H44N4O3. The van der Waals surface area contributed by atoms with Gasteiger partial charge in [-0.1, -0.05) is 37.8 Å². The van der Waals surface area contributed by atoms with Crippen molar-refractivity contribution in [2.45, 2.75) is 115 Å². The van der Waals surface area contributed by atoms with Crippen LogP contribution in [0.1, 0.15) is 107 Å². The van der Waals surface area contributed by atoms with E-state index >= 15 is 0 Å². The Labute approximate surface area is 231 Å². The summed E-state index contributed by atoms with van der Waals surface area (Å²) >= 11 is 0. The van der Waals surface area contributed by atoms with Gasteiger partial charge >= 0.3 is 0 Å². The summed E-state index contributed by atoms with van der Waals surface area (Å²) in [6.45, 7) is 2.93. The van der Waals surface area contributed by atoms with Gasteiger partial charge in [0.25, 0.3) is 5.56 Å². The summed E-state index contributed by atoms with van der Waals surface area (Å²) in [6.07, 6.45) is 17.5. The Kier molecular flexibility index (Phi) is 7.62. The van der Waals surface area contributed by atoms with Crippen molar-refractivity contribution in [3.8, 4) is 0 Å². The molecule has 39 heavy (non-hydrogen) atoms. The highest BCUT2D eigenvalue weighted by molar-refractivity contribution is 5.99. The maximum Gasteiger partial charge on any atom is 0.262 e. The van der Waals surface area contributed by atoms with Crippen LogP contribution in [0.25, 0.3) is 10.9 Å². The number of unbranched alkanes of at least 4 members (excludes halogenated alkanes) is 5. The highest BCUT2D eigenvalue weighted by atomic mass is 16.2. The number of fused-ring (bicyclic) bond motifs is 1. The molecule has 0 unspecified atom stereocenters. The number of aryl methyl sites for hydroxylation is 2. The standard InChI is InChI=1S/C32H44N4O3/c1-21-34-26-11-8-10-25(29(26)31(39)36(21)27-12-13-28(37)35-30(27)38)9-6-4-2-3-5-7-14-33-32-18-22-15-23(19-32)17-24(16-22)20-32/h8,10-11,22-24,27,33H,2-7,9,12-20H2,1H3,(H,35,37,38)/t22?,23?,24?,27-,32?/m1/s1. The number of rotatable bonds is 11. The minimum absolute atomic E-state index is 0.172. The number of carbonyl (C=O) groups is 2. The van der Waals surface area contributed by atoms with Gasteiger partial charge in [-0.2, -0.15) is 0 Å². The molecular weight excluding hydrogens is 488 g/mol. The lowest BCUT2D eigenvalue weighted by molar-refractivity contribution is -0.135. The molecule has 5 fully saturated rings. The summed E-state index contributed by atoms with van der Waals surface area (Å²) in [6, 6.07) is 5.18. The minimum atomic E-state index is -0.683. The molecule has 0 radical (unpaired) electrons. The predicted octanol–water partition coefficient (Wildman–Crippen LogP) is 5.12. The van der Waals surface area contributed by atoms with Gasteiger partial charge in [0.2, 0.25) is 11.8 Å². The quantitative estimate of drug-likeness (QED) is 0.309. The first-order valence-corrected chi connectivity index (χ1v) is 15.5. The molecule has 1 saturated heterocycles. The number of nitrogens with zero attached hydrogens (tertiary/aromatic N) is 2. The van der Waals surface area contributed by atoms with Crippen LogP contribution >= 0.6 is 0 Å². The molecule has 2 aromatic rings. The van der Waals surface area contributed by atoms with Crippen LogP contribution in [0.4, 0.5) is 0 Å². The summed E-state index contributed by atoms with van der Waals surface area (Å²) in [7, 11) is 0.